The molecule has 1 aliphatic carbocycles. The topological polar surface area (TPSA) is 58.2 Å². The molecular formula is C19H19ClN2O2S. The van der Waals surface area contributed by atoms with Gasteiger partial charge >= 0.3 is 0 Å². The van der Waals surface area contributed by atoms with Crippen molar-refractivity contribution in [3.63, 3.8) is 0 Å². The molecule has 2 aromatic rings. The molecular weight excluding hydrogens is 356 g/mol. The van der Waals surface area contributed by atoms with E-state index in [4.69, 9.17) is 11.6 Å². The summed E-state index contributed by atoms with van der Waals surface area (Å²) in [7, 11) is 0. The lowest BCUT2D eigenvalue weighted by atomic mass is 10.2. The van der Waals surface area contributed by atoms with Crippen LogP contribution < -0.4 is 10.6 Å². The van der Waals surface area contributed by atoms with Crippen molar-refractivity contribution >= 4 is 40.9 Å². The first kappa shape index (κ1) is 17.8. The van der Waals surface area contributed by atoms with Crippen molar-refractivity contribution < 1.29 is 9.59 Å². The number of anilines is 1. The Bertz CT molecular complexity index is 763. The molecule has 0 bridgehead atoms. The first-order valence-electron chi connectivity index (χ1n) is 8.20. The zero-order valence-corrected chi connectivity index (χ0v) is 15.2. The fourth-order valence-corrected chi connectivity index (χ4v) is 3.35. The molecule has 0 aliphatic heterocycles. The van der Waals surface area contributed by atoms with Gasteiger partial charge in [-0.15, -0.1) is 11.8 Å². The summed E-state index contributed by atoms with van der Waals surface area (Å²) in [5.74, 6) is 0.417. The number of nitrogens with one attached hydrogen (secondary N) is 2. The minimum absolute atomic E-state index is 0.0840. The van der Waals surface area contributed by atoms with E-state index in [1.54, 1.807) is 30.0 Å². The maximum absolute atomic E-state index is 12.2. The van der Waals surface area contributed by atoms with Crippen molar-refractivity contribution in [2.75, 3.05) is 11.1 Å². The molecule has 2 amide bonds. The van der Waals surface area contributed by atoms with Crippen molar-refractivity contribution in [2.24, 2.45) is 0 Å². The minimum Gasteiger partial charge on any atom is -0.349 e. The average molecular weight is 375 g/mol. The molecule has 0 unspecified atom stereocenters. The van der Waals surface area contributed by atoms with E-state index in [-0.39, 0.29) is 17.9 Å². The zero-order valence-electron chi connectivity index (χ0n) is 13.6. The number of carbonyl (C=O) groups is 2. The standard InChI is InChI=1S/C19H19ClN2O2S/c20-17-9-8-14(12-16(17)19(24)22-13-6-7-13)21-18(23)10-11-25-15-4-2-1-3-5-15/h1-5,8-9,12-13H,6-7,10-11H2,(H,21,23)(H,22,24). The van der Waals surface area contributed by atoms with Gasteiger partial charge in [-0.3, -0.25) is 9.59 Å². The molecule has 130 valence electrons. The second-order valence-electron chi connectivity index (χ2n) is 5.90. The number of benzene rings is 2. The van der Waals surface area contributed by atoms with Gasteiger partial charge in [-0.2, -0.15) is 0 Å². The summed E-state index contributed by atoms with van der Waals surface area (Å²) in [5.41, 5.74) is 0.977. The molecule has 3 rings (SSSR count). The number of thioether (sulfide) groups is 1. The average Bonchev–Trinajstić information content (AvgIpc) is 3.41. The van der Waals surface area contributed by atoms with Crippen LogP contribution in [0.5, 0.6) is 0 Å². The summed E-state index contributed by atoms with van der Waals surface area (Å²) in [6, 6.07) is 15.2. The van der Waals surface area contributed by atoms with Gasteiger partial charge in [0.1, 0.15) is 0 Å². The molecule has 25 heavy (non-hydrogen) atoms. The van der Waals surface area contributed by atoms with Gasteiger partial charge in [-0.25, -0.2) is 0 Å². The minimum atomic E-state index is -0.191. The molecule has 1 saturated carbocycles. The van der Waals surface area contributed by atoms with Crippen LogP contribution >= 0.6 is 23.4 Å². The van der Waals surface area contributed by atoms with Gasteiger partial charge in [0.2, 0.25) is 5.91 Å². The SMILES string of the molecule is O=C(CCSc1ccccc1)Nc1ccc(Cl)c(C(=O)NC2CC2)c1. The summed E-state index contributed by atoms with van der Waals surface area (Å²) in [5, 5.41) is 6.12. The number of hydrogen-bond acceptors (Lipinski definition) is 3. The van der Waals surface area contributed by atoms with Crippen molar-refractivity contribution in [2.45, 2.75) is 30.2 Å². The highest BCUT2D eigenvalue weighted by atomic mass is 35.5. The Labute approximate surface area is 156 Å². The van der Waals surface area contributed by atoms with Crippen molar-refractivity contribution in [3.05, 3.63) is 59.1 Å². The number of carbonyl (C=O) groups excluding carboxylic acids is 2. The van der Waals surface area contributed by atoms with Gasteiger partial charge in [0, 0.05) is 28.8 Å². The van der Waals surface area contributed by atoms with E-state index in [9.17, 15) is 9.59 Å². The van der Waals surface area contributed by atoms with Gasteiger partial charge < -0.3 is 10.6 Å². The molecule has 0 saturated heterocycles. The van der Waals surface area contributed by atoms with Crippen LogP contribution in [-0.2, 0) is 4.79 Å². The van der Waals surface area contributed by atoms with Crippen molar-refractivity contribution in [3.8, 4) is 0 Å². The van der Waals surface area contributed by atoms with Crippen LogP contribution in [0.25, 0.3) is 0 Å². The normalized spacial score (nSPS) is 13.3. The van der Waals surface area contributed by atoms with Crippen LogP contribution in [0.2, 0.25) is 5.02 Å². The predicted molar refractivity (Wildman–Crippen MR) is 102 cm³/mol. The Balaban J connectivity index is 1.52. The molecule has 0 spiro atoms. The van der Waals surface area contributed by atoms with Crippen LogP contribution in [0.15, 0.2) is 53.4 Å². The third-order valence-electron chi connectivity index (χ3n) is 3.75. The van der Waals surface area contributed by atoms with Crippen molar-refractivity contribution in [1.82, 2.24) is 5.32 Å². The Morgan fingerprint density at radius 2 is 1.88 bits per heavy atom. The summed E-state index contributed by atoms with van der Waals surface area (Å²) < 4.78 is 0. The van der Waals surface area contributed by atoms with Crippen LogP contribution in [0.3, 0.4) is 0 Å². The molecule has 0 radical (unpaired) electrons. The Morgan fingerprint density at radius 1 is 1.12 bits per heavy atom. The Hall–Kier alpha value is -1.98. The first-order chi connectivity index (χ1) is 12.1. The maximum Gasteiger partial charge on any atom is 0.253 e. The first-order valence-corrected chi connectivity index (χ1v) is 9.56. The van der Waals surface area contributed by atoms with E-state index in [1.165, 1.54) is 0 Å². The summed E-state index contributed by atoms with van der Waals surface area (Å²) in [6.45, 7) is 0. The zero-order chi connectivity index (χ0) is 17.6. The van der Waals surface area contributed by atoms with Crippen LogP contribution in [0, 0.1) is 0 Å². The monoisotopic (exact) mass is 374 g/mol. The maximum atomic E-state index is 12.2. The fourth-order valence-electron chi connectivity index (χ4n) is 2.27. The van der Waals surface area contributed by atoms with E-state index in [1.807, 2.05) is 30.3 Å². The largest absolute Gasteiger partial charge is 0.349 e. The fraction of sp³-hybridized carbons (Fsp3) is 0.263. The van der Waals surface area contributed by atoms with Gasteiger partial charge in [-0.1, -0.05) is 29.8 Å². The van der Waals surface area contributed by atoms with Gasteiger partial charge in [-0.05, 0) is 43.2 Å². The lowest BCUT2D eigenvalue weighted by molar-refractivity contribution is -0.115. The summed E-state index contributed by atoms with van der Waals surface area (Å²) in [4.78, 5) is 25.4. The molecule has 1 fully saturated rings. The lowest BCUT2D eigenvalue weighted by Crippen LogP contribution is -2.25. The summed E-state index contributed by atoms with van der Waals surface area (Å²) >= 11 is 7.74. The molecule has 2 aromatic carbocycles. The van der Waals surface area contributed by atoms with E-state index in [0.717, 1.165) is 17.7 Å². The number of hydrogen-bond donors (Lipinski definition) is 2. The smallest absolute Gasteiger partial charge is 0.253 e. The van der Waals surface area contributed by atoms with E-state index < -0.39 is 0 Å². The number of rotatable bonds is 7. The highest BCUT2D eigenvalue weighted by Crippen LogP contribution is 2.24. The third kappa shape index (κ3) is 5.51. The summed E-state index contributed by atoms with van der Waals surface area (Å²) in [6.07, 6.45) is 2.42. The quantitative estimate of drug-likeness (QED) is 0.708. The van der Waals surface area contributed by atoms with Crippen molar-refractivity contribution in [1.29, 1.82) is 0 Å². The molecule has 0 atom stereocenters. The molecule has 6 heteroatoms. The van der Waals surface area contributed by atoms with Gasteiger partial charge in [0.05, 0.1) is 10.6 Å². The van der Waals surface area contributed by atoms with Gasteiger partial charge in [0.15, 0.2) is 0 Å². The molecule has 0 aromatic heterocycles. The number of halogens is 1. The predicted octanol–water partition coefficient (Wildman–Crippen LogP) is 4.35. The van der Waals surface area contributed by atoms with Crippen LogP contribution in [-0.4, -0.2) is 23.6 Å². The molecule has 4 nitrogen and oxygen atoms in total. The molecule has 2 N–H and O–H groups in total. The molecule has 1 aliphatic rings. The van der Waals surface area contributed by atoms with E-state index >= 15 is 0 Å². The Kier molecular flexibility index (Phi) is 6.00. The van der Waals surface area contributed by atoms with E-state index in [0.29, 0.717) is 28.4 Å². The van der Waals surface area contributed by atoms with Crippen LogP contribution in [0.4, 0.5) is 5.69 Å². The highest BCUT2D eigenvalue weighted by Gasteiger charge is 2.24. The highest BCUT2D eigenvalue weighted by molar-refractivity contribution is 7.99. The second kappa shape index (κ2) is 8.41. The Morgan fingerprint density at radius 3 is 2.60 bits per heavy atom. The van der Waals surface area contributed by atoms with Gasteiger partial charge in [0.25, 0.3) is 5.91 Å². The van der Waals surface area contributed by atoms with E-state index in [2.05, 4.69) is 10.6 Å². The molecule has 0 heterocycles. The second-order valence-corrected chi connectivity index (χ2v) is 7.48. The lowest BCUT2D eigenvalue weighted by Gasteiger charge is -2.09. The van der Waals surface area contributed by atoms with Crippen LogP contribution in [0.1, 0.15) is 29.6 Å². The third-order valence-corrected chi connectivity index (χ3v) is 5.09. The number of amides is 2.